The van der Waals surface area contributed by atoms with E-state index < -0.39 is 0 Å². The van der Waals surface area contributed by atoms with Crippen LogP contribution in [0.1, 0.15) is 21.9 Å². The van der Waals surface area contributed by atoms with E-state index in [4.69, 9.17) is 25.7 Å². The lowest BCUT2D eigenvalue weighted by molar-refractivity contribution is 0.271. The number of ether oxygens (including phenoxy) is 1. The maximum absolute atomic E-state index is 13.6. The quantitative estimate of drug-likeness (QED) is 0.316. The van der Waals surface area contributed by atoms with Crippen LogP contribution < -0.4 is 10.2 Å². The molecule has 0 amide bonds. The second kappa shape index (κ2) is 7.54. The van der Waals surface area contributed by atoms with E-state index in [1.165, 1.54) is 0 Å². The maximum atomic E-state index is 13.6. The summed E-state index contributed by atoms with van der Waals surface area (Å²) in [5, 5.41) is 1.00. The van der Waals surface area contributed by atoms with Gasteiger partial charge in [0.05, 0.1) is 40.8 Å². The van der Waals surface area contributed by atoms with Gasteiger partial charge >= 0.3 is 0 Å². The van der Waals surface area contributed by atoms with Crippen molar-refractivity contribution in [2.75, 3.05) is 6.61 Å². The Kier molecular flexibility index (Phi) is 4.63. The van der Waals surface area contributed by atoms with E-state index in [0.717, 1.165) is 33.2 Å². The summed E-state index contributed by atoms with van der Waals surface area (Å²) in [6.45, 7) is 2.40. The SMILES string of the molecule is Cc1ccc2occ([C@H]3Sc4ccccc4N=C4c5cc(Cl)ccc5OC[C@H]43)c(=O)c2c1. The van der Waals surface area contributed by atoms with E-state index in [2.05, 4.69) is 0 Å². The first-order valence-corrected chi connectivity index (χ1v) is 11.6. The van der Waals surface area contributed by atoms with Crippen LogP contribution in [0.3, 0.4) is 0 Å². The Morgan fingerprint density at radius 1 is 1.09 bits per heavy atom. The molecule has 0 saturated carbocycles. The van der Waals surface area contributed by atoms with Crippen molar-refractivity contribution in [2.24, 2.45) is 10.9 Å². The monoisotopic (exact) mass is 459 g/mol. The second-order valence-electron chi connectivity index (χ2n) is 8.08. The van der Waals surface area contributed by atoms with Crippen LogP contribution in [0.25, 0.3) is 11.0 Å². The van der Waals surface area contributed by atoms with Crippen molar-refractivity contribution in [2.45, 2.75) is 17.1 Å². The molecule has 2 atom stereocenters. The number of fused-ring (bicyclic) bond motifs is 5. The first-order chi connectivity index (χ1) is 15.6. The molecule has 0 saturated heterocycles. The molecule has 158 valence electrons. The van der Waals surface area contributed by atoms with Crippen LogP contribution in [0.5, 0.6) is 5.75 Å². The zero-order valence-electron chi connectivity index (χ0n) is 17.2. The average molecular weight is 460 g/mol. The van der Waals surface area contributed by atoms with Gasteiger partial charge in [0.25, 0.3) is 0 Å². The molecule has 3 heterocycles. The molecule has 1 aromatic heterocycles. The first-order valence-electron chi connectivity index (χ1n) is 10.4. The Balaban J connectivity index is 1.59. The summed E-state index contributed by atoms with van der Waals surface area (Å²) in [4.78, 5) is 19.7. The fourth-order valence-corrected chi connectivity index (χ4v) is 5.89. The summed E-state index contributed by atoms with van der Waals surface area (Å²) >= 11 is 7.96. The van der Waals surface area contributed by atoms with Crippen molar-refractivity contribution in [3.63, 3.8) is 0 Å². The lowest BCUT2D eigenvalue weighted by Gasteiger charge is -2.31. The number of para-hydroxylation sites is 1. The van der Waals surface area contributed by atoms with Crippen LogP contribution >= 0.6 is 23.4 Å². The van der Waals surface area contributed by atoms with Crippen molar-refractivity contribution < 1.29 is 9.15 Å². The molecule has 4 aromatic rings. The van der Waals surface area contributed by atoms with Gasteiger partial charge in [-0.15, -0.1) is 11.8 Å². The second-order valence-corrected chi connectivity index (χ2v) is 9.70. The number of thioether (sulfide) groups is 1. The highest BCUT2D eigenvalue weighted by Crippen LogP contribution is 2.50. The maximum Gasteiger partial charge on any atom is 0.197 e. The molecule has 3 aromatic carbocycles. The Morgan fingerprint density at radius 3 is 2.88 bits per heavy atom. The first kappa shape index (κ1) is 19.6. The third-order valence-electron chi connectivity index (χ3n) is 5.97. The summed E-state index contributed by atoms with van der Waals surface area (Å²) in [5.74, 6) is 0.622. The minimum absolute atomic E-state index is 0.0110. The molecule has 32 heavy (non-hydrogen) atoms. The molecule has 0 fully saturated rings. The lowest BCUT2D eigenvalue weighted by Crippen LogP contribution is -2.33. The predicted octanol–water partition coefficient (Wildman–Crippen LogP) is 6.73. The molecule has 6 rings (SSSR count). The Bertz CT molecular complexity index is 1480. The third kappa shape index (κ3) is 3.15. The van der Waals surface area contributed by atoms with E-state index in [1.54, 1.807) is 18.0 Å². The van der Waals surface area contributed by atoms with E-state index in [0.29, 0.717) is 28.2 Å². The average Bonchev–Trinajstić information content (AvgIpc) is 2.97. The van der Waals surface area contributed by atoms with Crippen LogP contribution in [-0.2, 0) is 0 Å². The van der Waals surface area contributed by atoms with Crippen molar-refractivity contribution in [3.05, 3.63) is 98.9 Å². The topological polar surface area (TPSA) is 51.8 Å². The van der Waals surface area contributed by atoms with Gasteiger partial charge in [-0.2, -0.15) is 0 Å². The van der Waals surface area contributed by atoms with Gasteiger partial charge in [-0.25, -0.2) is 0 Å². The lowest BCUT2D eigenvalue weighted by atomic mass is 9.88. The normalized spacial score (nSPS) is 19.2. The van der Waals surface area contributed by atoms with Crippen LogP contribution in [0.15, 0.2) is 86.0 Å². The summed E-state index contributed by atoms with van der Waals surface area (Å²) in [5.41, 5.74) is 4.87. The molecule has 2 aliphatic heterocycles. The van der Waals surface area contributed by atoms with Crippen LogP contribution in [-0.4, -0.2) is 12.3 Å². The zero-order chi connectivity index (χ0) is 21.8. The highest BCUT2D eigenvalue weighted by Gasteiger charge is 2.39. The van der Waals surface area contributed by atoms with E-state index in [-0.39, 0.29) is 16.6 Å². The molecule has 0 N–H and O–H groups in total. The van der Waals surface area contributed by atoms with Crippen LogP contribution in [0, 0.1) is 12.8 Å². The minimum Gasteiger partial charge on any atom is -0.492 e. The number of nitrogens with zero attached hydrogens (tertiary/aromatic N) is 1. The summed E-state index contributed by atoms with van der Waals surface area (Å²) < 4.78 is 12.0. The summed E-state index contributed by atoms with van der Waals surface area (Å²) in [6, 6.07) is 19.3. The molecule has 2 aliphatic rings. The van der Waals surface area contributed by atoms with Gasteiger partial charge in [-0.1, -0.05) is 35.4 Å². The molecule has 0 unspecified atom stereocenters. The fourth-order valence-electron chi connectivity index (χ4n) is 4.39. The van der Waals surface area contributed by atoms with Crippen molar-refractivity contribution in [1.82, 2.24) is 0 Å². The van der Waals surface area contributed by atoms with Crippen molar-refractivity contribution >= 4 is 45.7 Å². The number of hydrogen-bond acceptors (Lipinski definition) is 5. The van der Waals surface area contributed by atoms with Crippen LogP contribution in [0.2, 0.25) is 5.02 Å². The molecule has 0 bridgehead atoms. The summed E-state index contributed by atoms with van der Waals surface area (Å²) in [6.07, 6.45) is 1.61. The predicted molar refractivity (Wildman–Crippen MR) is 129 cm³/mol. The van der Waals surface area contributed by atoms with Gasteiger partial charge in [0.1, 0.15) is 11.3 Å². The van der Waals surface area contributed by atoms with E-state index in [9.17, 15) is 4.79 Å². The van der Waals surface area contributed by atoms with Gasteiger partial charge in [0.2, 0.25) is 0 Å². The van der Waals surface area contributed by atoms with E-state index >= 15 is 0 Å². The standard InChI is InChI=1S/C26H18ClNO3S/c1-14-6-8-22-17(10-14)25(29)19(13-31-22)26-18-12-30-21-9-7-15(27)11-16(21)24(18)28-20-4-2-3-5-23(20)32-26/h2-11,13,18,26H,12H2,1H3/t18-,26+/m1/s1. The highest BCUT2D eigenvalue weighted by atomic mass is 35.5. The number of aliphatic imine (C=N–C) groups is 1. The Labute approximate surface area is 193 Å². The van der Waals surface area contributed by atoms with Gasteiger partial charge in [0.15, 0.2) is 5.43 Å². The molecule has 0 aliphatic carbocycles. The van der Waals surface area contributed by atoms with Gasteiger partial charge < -0.3 is 9.15 Å². The molecular weight excluding hydrogens is 442 g/mol. The largest absolute Gasteiger partial charge is 0.492 e. The Hall–Kier alpha value is -3.02. The van der Waals surface area contributed by atoms with Crippen LogP contribution in [0.4, 0.5) is 5.69 Å². The molecule has 6 heteroatoms. The van der Waals surface area contributed by atoms with Gasteiger partial charge in [-0.3, -0.25) is 9.79 Å². The van der Waals surface area contributed by atoms with E-state index in [1.807, 2.05) is 67.6 Å². The molecule has 4 nitrogen and oxygen atoms in total. The van der Waals surface area contributed by atoms with Gasteiger partial charge in [-0.05, 0) is 49.4 Å². The smallest absolute Gasteiger partial charge is 0.197 e. The van der Waals surface area contributed by atoms with Gasteiger partial charge in [0, 0.05) is 21.0 Å². The third-order valence-corrected chi connectivity index (χ3v) is 7.64. The molecule has 0 spiro atoms. The number of benzene rings is 3. The highest BCUT2D eigenvalue weighted by molar-refractivity contribution is 7.99. The number of halogens is 1. The number of rotatable bonds is 1. The molecular formula is C26H18ClNO3S. The van der Waals surface area contributed by atoms with Crippen molar-refractivity contribution in [3.8, 4) is 5.75 Å². The number of hydrogen-bond donors (Lipinski definition) is 0. The Morgan fingerprint density at radius 2 is 1.97 bits per heavy atom. The van der Waals surface area contributed by atoms with Crippen molar-refractivity contribution in [1.29, 1.82) is 0 Å². The number of aryl methyl sites for hydroxylation is 1. The molecule has 0 radical (unpaired) electrons. The minimum atomic E-state index is -0.217. The fraction of sp³-hybridized carbons (Fsp3) is 0.154. The zero-order valence-corrected chi connectivity index (χ0v) is 18.7. The summed E-state index contributed by atoms with van der Waals surface area (Å²) in [7, 11) is 0.